The summed E-state index contributed by atoms with van der Waals surface area (Å²) in [6, 6.07) is 0. The SMILES string of the molecule is CNCCCNC(=O)CSCc1nc2sc3c(c2c(=O)[nH]1)CCCC3.Cl. The summed E-state index contributed by atoms with van der Waals surface area (Å²) in [7, 11) is 1.90. The predicted molar refractivity (Wildman–Crippen MR) is 112 cm³/mol. The Hall–Kier alpha value is -1.09. The molecule has 0 aromatic carbocycles. The van der Waals surface area contributed by atoms with Crippen LogP contribution in [0.2, 0.25) is 0 Å². The minimum atomic E-state index is -0.0310. The minimum Gasteiger partial charge on any atom is -0.355 e. The first kappa shape index (κ1) is 21.2. The first-order valence-electron chi connectivity index (χ1n) is 8.71. The molecule has 144 valence electrons. The van der Waals surface area contributed by atoms with Crippen LogP contribution in [0, 0.1) is 0 Å². The van der Waals surface area contributed by atoms with Gasteiger partial charge in [0.2, 0.25) is 5.91 Å². The number of thiophene rings is 1. The van der Waals surface area contributed by atoms with Crippen molar-refractivity contribution in [2.45, 2.75) is 37.9 Å². The summed E-state index contributed by atoms with van der Waals surface area (Å²) in [5, 5.41) is 6.72. The van der Waals surface area contributed by atoms with Crippen molar-refractivity contribution in [3.8, 4) is 0 Å². The zero-order chi connectivity index (χ0) is 17.6. The molecule has 0 saturated carbocycles. The lowest BCUT2D eigenvalue weighted by atomic mass is 9.97. The second kappa shape index (κ2) is 10.3. The smallest absolute Gasteiger partial charge is 0.259 e. The fourth-order valence-electron chi connectivity index (χ4n) is 3.06. The Morgan fingerprint density at radius 3 is 2.92 bits per heavy atom. The van der Waals surface area contributed by atoms with Crippen LogP contribution in [0.1, 0.15) is 35.5 Å². The summed E-state index contributed by atoms with van der Waals surface area (Å²) < 4.78 is 0. The summed E-state index contributed by atoms with van der Waals surface area (Å²) in [5.74, 6) is 1.60. The third-order valence-corrected chi connectivity index (χ3v) is 6.40. The fraction of sp³-hybridized carbons (Fsp3) is 0.588. The Labute approximate surface area is 167 Å². The van der Waals surface area contributed by atoms with E-state index in [4.69, 9.17) is 0 Å². The molecule has 2 aromatic rings. The number of aromatic amines is 1. The third-order valence-electron chi connectivity index (χ3n) is 4.27. The average molecular weight is 417 g/mol. The van der Waals surface area contributed by atoms with Crippen molar-refractivity contribution in [2.24, 2.45) is 0 Å². The third kappa shape index (κ3) is 5.22. The maximum atomic E-state index is 12.4. The lowest BCUT2D eigenvalue weighted by Crippen LogP contribution is -2.28. The van der Waals surface area contributed by atoms with Crippen molar-refractivity contribution < 1.29 is 4.79 Å². The molecule has 6 nitrogen and oxygen atoms in total. The van der Waals surface area contributed by atoms with Crippen molar-refractivity contribution >= 4 is 51.6 Å². The van der Waals surface area contributed by atoms with E-state index in [2.05, 4.69) is 20.6 Å². The first-order valence-corrected chi connectivity index (χ1v) is 10.7. The number of halogens is 1. The van der Waals surface area contributed by atoms with Crippen LogP contribution in [0.5, 0.6) is 0 Å². The van der Waals surface area contributed by atoms with Gasteiger partial charge < -0.3 is 15.6 Å². The molecule has 9 heteroatoms. The largest absolute Gasteiger partial charge is 0.355 e. The molecular formula is C17H25ClN4O2S2. The molecule has 26 heavy (non-hydrogen) atoms. The molecule has 2 aromatic heterocycles. The summed E-state index contributed by atoms with van der Waals surface area (Å²) >= 11 is 3.13. The molecule has 2 heterocycles. The lowest BCUT2D eigenvalue weighted by molar-refractivity contribution is -0.118. The van der Waals surface area contributed by atoms with Crippen LogP contribution in [0.4, 0.5) is 0 Å². The average Bonchev–Trinajstić information content (AvgIpc) is 2.97. The van der Waals surface area contributed by atoms with Gasteiger partial charge in [-0.15, -0.1) is 35.5 Å². The van der Waals surface area contributed by atoms with E-state index >= 15 is 0 Å². The first-order chi connectivity index (χ1) is 12.2. The molecule has 3 N–H and O–H groups in total. The Bertz CT molecular complexity index is 806. The van der Waals surface area contributed by atoms with Crippen LogP contribution in [-0.2, 0) is 23.4 Å². The van der Waals surface area contributed by atoms with E-state index < -0.39 is 0 Å². The van der Waals surface area contributed by atoms with Crippen molar-refractivity contribution in [1.82, 2.24) is 20.6 Å². The number of hydrogen-bond donors (Lipinski definition) is 3. The highest BCUT2D eigenvalue weighted by atomic mass is 35.5. The maximum Gasteiger partial charge on any atom is 0.259 e. The highest BCUT2D eigenvalue weighted by Crippen LogP contribution is 2.33. The molecule has 0 saturated heterocycles. The van der Waals surface area contributed by atoms with E-state index in [1.807, 2.05) is 7.05 Å². The van der Waals surface area contributed by atoms with Gasteiger partial charge in [0.15, 0.2) is 0 Å². The van der Waals surface area contributed by atoms with Crippen LogP contribution >= 0.6 is 35.5 Å². The zero-order valence-electron chi connectivity index (χ0n) is 14.9. The van der Waals surface area contributed by atoms with Gasteiger partial charge in [-0.1, -0.05) is 0 Å². The number of nitrogens with one attached hydrogen (secondary N) is 3. The maximum absolute atomic E-state index is 12.4. The van der Waals surface area contributed by atoms with Crippen molar-refractivity contribution in [3.63, 3.8) is 0 Å². The molecule has 0 fully saturated rings. The Morgan fingerprint density at radius 2 is 2.12 bits per heavy atom. The van der Waals surface area contributed by atoms with Gasteiger partial charge in [-0.3, -0.25) is 9.59 Å². The molecule has 1 amide bonds. The molecular weight excluding hydrogens is 392 g/mol. The standard InChI is InChI=1S/C17H24N4O2S2.ClH/c1-18-7-4-8-19-14(22)10-24-9-13-20-16(23)15-11-5-2-3-6-12(11)25-17(15)21-13;/h18H,2-10H2,1H3,(H,19,22)(H,20,21,23);1H. The fourth-order valence-corrected chi connectivity index (χ4v) is 5.06. The predicted octanol–water partition coefficient (Wildman–Crippen LogP) is 2.24. The van der Waals surface area contributed by atoms with Gasteiger partial charge in [0.1, 0.15) is 10.7 Å². The van der Waals surface area contributed by atoms with Crippen LogP contribution in [0.25, 0.3) is 10.2 Å². The van der Waals surface area contributed by atoms with E-state index in [-0.39, 0.29) is 23.9 Å². The number of fused-ring (bicyclic) bond motifs is 3. The number of aryl methyl sites for hydroxylation is 2. The van der Waals surface area contributed by atoms with Gasteiger partial charge in [-0.25, -0.2) is 4.98 Å². The van der Waals surface area contributed by atoms with E-state index in [1.54, 1.807) is 11.3 Å². The number of aromatic nitrogens is 2. The van der Waals surface area contributed by atoms with E-state index in [0.29, 0.717) is 23.9 Å². The normalized spacial score (nSPS) is 13.3. The summed E-state index contributed by atoms with van der Waals surface area (Å²) in [6.07, 6.45) is 5.32. The van der Waals surface area contributed by atoms with Crippen molar-refractivity contribution in [2.75, 3.05) is 25.9 Å². The topological polar surface area (TPSA) is 86.9 Å². The Balaban J connectivity index is 0.00000243. The Kier molecular flexibility index (Phi) is 8.40. The van der Waals surface area contributed by atoms with Gasteiger partial charge in [0.25, 0.3) is 5.56 Å². The zero-order valence-corrected chi connectivity index (χ0v) is 17.3. The number of carbonyl (C=O) groups is 1. The van der Waals surface area contributed by atoms with Crippen molar-refractivity contribution in [3.05, 3.63) is 26.6 Å². The molecule has 3 rings (SSSR count). The van der Waals surface area contributed by atoms with Crippen LogP contribution in [0.3, 0.4) is 0 Å². The second-order valence-corrected chi connectivity index (χ2v) is 8.27. The quantitative estimate of drug-likeness (QED) is 0.574. The van der Waals surface area contributed by atoms with E-state index in [9.17, 15) is 9.59 Å². The minimum absolute atomic E-state index is 0. The van der Waals surface area contributed by atoms with Gasteiger partial charge in [0, 0.05) is 11.4 Å². The van der Waals surface area contributed by atoms with Gasteiger partial charge in [-0.2, -0.15) is 0 Å². The second-order valence-electron chi connectivity index (χ2n) is 6.20. The number of nitrogens with zero attached hydrogens (tertiary/aromatic N) is 1. The summed E-state index contributed by atoms with van der Waals surface area (Å²) in [4.78, 5) is 33.9. The van der Waals surface area contributed by atoms with Gasteiger partial charge in [0.05, 0.1) is 16.9 Å². The molecule has 0 bridgehead atoms. The molecule has 0 aliphatic heterocycles. The van der Waals surface area contributed by atoms with Gasteiger partial charge in [-0.05, 0) is 51.3 Å². The molecule has 0 unspecified atom stereocenters. The number of hydrogen-bond acceptors (Lipinski definition) is 6. The Morgan fingerprint density at radius 1 is 1.31 bits per heavy atom. The monoisotopic (exact) mass is 416 g/mol. The molecule has 0 spiro atoms. The van der Waals surface area contributed by atoms with Gasteiger partial charge >= 0.3 is 0 Å². The number of H-pyrrole nitrogens is 1. The van der Waals surface area contributed by atoms with Crippen LogP contribution in [-0.4, -0.2) is 41.8 Å². The van der Waals surface area contributed by atoms with Crippen molar-refractivity contribution in [1.29, 1.82) is 0 Å². The molecule has 1 aliphatic rings. The van der Waals surface area contributed by atoms with Crippen LogP contribution < -0.4 is 16.2 Å². The number of amides is 1. The van der Waals surface area contributed by atoms with Crippen LogP contribution in [0.15, 0.2) is 4.79 Å². The lowest BCUT2D eigenvalue weighted by Gasteiger charge is -2.09. The molecule has 0 atom stereocenters. The highest BCUT2D eigenvalue weighted by Gasteiger charge is 2.19. The number of carbonyl (C=O) groups excluding carboxylic acids is 1. The summed E-state index contributed by atoms with van der Waals surface area (Å²) in [6.45, 7) is 1.57. The van der Waals surface area contributed by atoms with E-state index in [0.717, 1.165) is 42.4 Å². The number of rotatable bonds is 8. The highest BCUT2D eigenvalue weighted by molar-refractivity contribution is 7.99. The van der Waals surface area contributed by atoms with E-state index in [1.165, 1.54) is 28.6 Å². The summed E-state index contributed by atoms with van der Waals surface area (Å²) in [5.41, 5.74) is 1.18. The molecule has 1 aliphatic carbocycles. The number of thioether (sulfide) groups is 1. The molecule has 0 radical (unpaired) electrons.